The maximum absolute atomic E-state index is 5.79. The first kappa shape index (κ1) is 10.9. The summed E-state index contributed by atoms with van der Waals surface area (Å²) in [5, 5.41) is 11.0. The Hall–Kier alpha value is -0.160. The molecule has 0 aliphatic carbocycles. The Morgan fingerprint density at radius 2 is 2.08 bits per heavy atom. The van der Waals surface area contributed by atoms with Crippen molar-refractivity contribution in [2.45, 2.75) is 13.8 Å². The molecule has 0 saturated carbocycles. The molecule has 0 saturated heterocycles. The summed E-state index contributed by atoms with van der Waals surface area (Å²) in [4.78, 5) is 0.926. The zero-order valence-corrected chi connectivity index (χ0v) is 10.8. The number of hydrogen-bond acceptors (Lipinski definition) is 4. The number of thiophene rings is 1. The van der Waals surface area contributed by atoms with Gasteiger partial charge in [-0.1, -0.05) is 0 Å². The number of nitrogens with two attached hydrogens (primary N) is 1. The Kier molecular flexibility index (Phi) is 3.29. The predicted octanol–water partition coefficient (Wildman–Crippen LogP) is -0.993. The molecule has 0 aliphatic rings. The fourth-order valence-corrected chi connectivity index (χ4v) is 2.02. The molecular formula is C8H10N3NaS. The second-order valence-corrected chi connectivity index (χ2v) is 3.64. The molecule has 0 aliphatic heterocycles. The number of aryl methyl sites for hydroxylation is 2. The molecule has 0 bridgehead atoms. The van der Waals surface area contributed by atoms with Crippen molar-refractivity contribution in [3.63, 3.8) is 0 Å². The number of anilines is 1. The Morgan fingerprint density at radius 1 is 1.38 bits per heavy atom. The van der Waals surface area contributed by atoms with E-state index in [9.17, 15) is 0 Å². The van der Waals surface area contributed by atoms with Crippen molar-refractivity contribution in [1.82, 2.24) is 10.2 Å². The molecule has 5 heteroatoms. The van der Waals surface area contributed by atoms with Gasteiger partial charge in [-0.05, 0) is 19.4 Å². The number of fused-ring (bicyclic) bond motifs is 1. The van der Waals surface area contributed by atoms with Gasteiger partial charge in [0.2, 0.25) is 0 Å². The summed E-state index contributed by atoms with van der Waals surface area (Å²) in [6.45, 7) is 3.97. The van der Waals surface area contributed by atoms with E-state index >= 15 is 0 Å². The number of rotatable bonds is 0. The topological polar surface area (TPSA) is 51.8 Å². The molecule has 0 radical (unpaired) electrons. The standard InChI is InChI=1S/C8H9N3S.Na.H/c1-4-5(2)10-11-8-7(4)6(9)3-12-8;;/h3H,9H2,1-2H3;;/q;+1;-1. The molecule has 0 fully saturated rings. The molecule has 2 rings (SSSR count). The molecule has 13 heavy (non-hydrogen) atoms. The summed E-state index contributed by atoms with van der Waals surface area (Å²) >= 11 is 1.54. The molecule has 0 amide bonds. The van der Waals surface area contributed by atoms with Crippen LogP contribution in [0, 0.1) is 13.8 Å². The van der Waals surface area contributed by atoms with Gasteiger partial charge >= 0.3 is 29.6 Å². The van der Waals surface area contributed by atoms with E-state index in [0.29, 0.717) is 0 Å². The van der Waals surface area contributed by atoms with Crippen molar-refractivity contribution < 1.29 is 31.0 Å². The first-order valence-electron chi connectivity index (χ1n) is 3.66. The average molecular weight is 203 g/mol. The van der Waals surface area contributed by atoms with Gasteiger partial charge in [-0.15, -0.1) is 16.4 Å². The van der Waals surface area contributed by atoms with Crippen LogP contribution in [0.25, 0.3) is 10.2 Å². The maximum atomic E-state index is 5.79. The number of hydrogen-bond donors (Lipinski definition) is 1. The molecule has 0 atom stereocenters. The largest absolute Gasteiger partial charge is 1.00 e. The maximum Gasteiger partial charge on any atom is 1.00 e. The van der Waals surface area contributed by atoms with Gasteiger partial charge in [0.05, 0.1) is 11.4 Å². The van der Waals surface area contributed by atoms with E-state index < -0.39 is 0 Å². The minimum atomic E-state index is 0. The van der Waals surface area contributed by atoms with Gasteiger partial charge < -0.3 is 7.16 Å². The first-order valence-corrected chi connectivity index (χ1v) is 4.54. The summed E-state index contributed by atoms with van der Waals surface area (Å²) in [5.41, 5.74) is 8.69. The summed E-state index contributed by atoms with van der Waals surface area (Å²) < 4.78 is 0. The number of aromatic nitrogens is 2. The van der Waals surface area contributed by atoms with E-state index in [-0.39, 0.29) is 31.0 Å². The monoisotopic (exact) mass is 203 g/mol. The normalized spacial score (nSPS) is 10.0. The first-order chi connectivity index (χ1) is 5.70. The summed E-state index contributed by atoms with van der Waals surface area (Å²) in [5.74, 6) is 0. The molecule has 2 aromatic rings. The van der Waals surface area contributed by atoms with Crippen molar-refractivity contribution in [1.29, 1.82) is 0 Å². The molecule has 0 spiro atoms. The van der Waals surface area contributed by atoms with Gasteiger partial charge in [-0.3, -0.25) is 0 Å². The SMILES string of the molecule is Cc1nnc2scc(N)c2c1C.[H-].[Na+]. The van der Waals surface area contributed by atoms with Crippen LogP contribution < -0.4 is 35.3 Å². The van der Waals surface area contributed by atoms with Gasteiger partial charge in [0.1, 0.15) is 4.83 Å². The van der Waals surface area contributed by atoms with Crippen LogP contribution in [0.5, 0.6) is 0 Å². The fourth-order valence-electron chi connectivity index (χ4n) is 1.19. The van der Waals surface area contributed by atoms with Crippen molar-refractivity contribution in [3.05, 3.63) is 16.6 Å². The van der Waals surface area contributed by atoms with Crippen molar-refractivity contribution in [2.24, 2.45) is 0 Å². The molecule has 2 aromatic heterocycles. The molecule has 3 nitrogen and oxygen atoms in total. The summed E-state index contributed by atoms with van der Waals surface area (Å²) in [7, 11) is 0. The quantitative estimate of drug-likeness (QED) is 0.559. The average Bonchev–Trinajstić information content (AvgIpc) is 2.41. The Balaban J connectivity index is 0.000000845. The van der Waals surface area contributed by atoms with E-state index in [2.05, 4.69) is 10.2 Å². The summed E-state index contributed by atoms with van der Waals surface area (Å²) in [6, 6.07) is 0. The van der Waals surface area contributed by atoms with Crippen LogP contribution in [0.2, 0.25) is 0 Å². The van der Waals surface area contributed by atoms with Crippen LogP contribution in [-0.4, -0.2) is 10.2 Å². The Morgan fingerprint density at radius 3 is 2.77 bits per heavy atom. The van der Waals surface area contributed by atoms with Crippen LogP contribution >= 0.6 is 11.3 Å². The van der Waals surface area contributed by atoms with Gasteiger partial charge in [-0.25, -0.2) is 0 Å². The van der Waals surface area contributed by atoms with Gasteiger partial charge in [0.25, 0.3) is 0 Å². The molecule has 0 aromatic carbocycles. The van der Waals surface area contributed by atoms with Crippen LogP contribution in [0.3, 0.4) is 0 Å². The minimum Gasteiger partial charge on any atom is -1.00 e. The van der Waals surface area contributed by atoms with Crippen LogP contribution in [0.15, 0.2) is 5.38 Å². The van der Waals surface area contributed by atoms with Gasteiger partial charge in [0.15, 0.2) is 0 Å². The van der Waals surface area contributed by atoms with E-state index in [1.165, 1.54) is 11.3 Å². The number of nitrogens with zero attached hydrogens (tertiary/aromatic N) is 2. The minimum absolute atomic E-state index is 0. The Labute approximate surface area is 104 Å². The smallest absolute Gasteiger partial charge is 1.00 e. The van der Waals surface area contributed by atoms with E-state index in [1.807, 2.05) is 19.2 Å². The van der Waals surface area contributed by atoms with Crippen molar-refractivity contribution >= 4 is 27.2 Å². The van der Waals surface area contributed by atoms with E-state index in [4.69, 9.17) is 5.73 Å². The van der Waals surface area contributed by atoms with Crippen LogP contribution in [0.1, 0.15) is 12.7 Å². The zero-order chi connectivity index (χ0) is 8.72. The molecule has 0 unspecified atom stereocenters. The molecule has 64 valence electrons. The predicted molar refractivity (Wildman–Crippen MR) is 52.4 cm³/mol. The third-order valence-corrected chi connectivity index (χ3v) is 2.89. The van der Waals surface area contributed by atoms with Crippen molar-refractivity contribution in [2.75, 3.05) is 5.73 Å². The third kappa shape index (κ3) is 1.72. The van der Waals surface area contributed by atoms with Crippen LogP contribution in [0.4, 0.5) is 5.69 Å². The second kappa shape index (κ2) is 3.92. The van der Waals surface area contributed by atoms with E-state index in [0.717, 1.165) is 27.2 Å². The van der Waals surface area contributed by atoms with Gasteiger partial charge in [-0.2, -0.15) is 5.10 Å². The fraction of sp³-hybridized carbons (Fsp3) is 0.250. The van der Waals surface area contributed by atoms with Crippen molar-refractivity contribution in [3.8, 4) is 0 Å². The molecular weight excluding hydrogens is 193 g/mol. The molecule has 2 N–H and O–H groups in total. The number of nitrogen functional groups attached to an aromatic ring is 1. The molecule has 2 heterocycles. The summed E-state index contributed by atoms with van der Waals surface area (Å²) in [6.07, 6.45) is 0. The zero-order valence-electron chi connectivity index (χ0n) is 8.96. The third-order valence-electron chi connectivity index (χ3n) is 2.01. The van der Waals surface area contributed by atoms with Gasteiger partial charge in [0, 0.05) is 10.8 Å². The van der Waals surface area contributed by atoms with E-state index in [1.54, 1.807) is 0 Å². The second-order valence-electron chi connectivity index (χ2n) is 2.78. The Bertz CT molecular complexity index is 443. The van der Waals surface area contributed by atoms with Crippen LogP contribution in [-0.2, 0) is 0 Å².